The van der Waals surface area contributed by atoms with Gasteiger partial charge in [-0.15, -0.1) is 0 Å². The summed E-state index contributed by atoms with van der Waals surface area (Å²) in [5, 5.41) is -0.703. The van der Waals surface area contributed by atoms with Crippen molar-refractivity contribution < 1.29 is 22.1 Å². The molecule has 1 saturated heterocycles. The van der Waals surface area contributed by atoms with Crippen molar-refractivity contribution in [1.82, 2.24) is 0 Å². The quantitative estimate of drug-likeness (QED) is 0.587. The first-order valence-electron chi connectivity index (χ1n) is 7.69. The second-order valence-corrected chi connectivity index (χ2v) is 9.06. The molecule has 1 aliphatic heterocycles. The minimum Gasteiger partial charge on any atom is -0.469 e. The molecule has 6 heteroatoms. The Morgan fingerprint density at radius 2 is 1.81 bits per heavy atom. The van der Waals surface area contributed by atoms with Crippen LogP contribution in [0.15, 0.2) is 0 Å². The first-order valence-corrected chi connectivity index (χ1v) is 9.16. The SMILES string of the molecule is COC(=O)C1C2CC3C(OS(=O)(=O)C31)C2(C(C)C)C(C)C. The Morgan fingerprint density at radius 1 is 1.24 bits per heavy atom. The van der Waals surface area contributed by atoms with Crippen molar-refractivity contribution in [3.05, 3.63) is 0 Å². The number of rotatable bonds is 3. The van der Waals surface area contributed by atoms with E-state index in [0.29, 0.717) is 0 Å². The molecule has 5 nitrogen and oxygen atoms in total. The van der Waals surface area contributed by atoms with Crippen molar-refractivity contribution in [3.8, 4) is 0 Å². The summed E-state index contributed by atoms with van der Waals surface area (Å²) in [5.41, 5.74) is -0.274. The fourth-order valence-electron chi connectivity index (χ4n) is 5.83. The number of fused-ring (bicyclic) bond motifs is 1. The van der Waals surface area contributed by atoms with Crippen molar-refractivity contribution in [2.24, 2.45) is 35.0 Å². The largest absolute Gasteiger partial charge is 0.469 e. The van der Waals surface area contributed by atoms with Crippen molar-refractivity contribution in [2.75, 3.05) is 7.11 Å². The fraction of sp³-hybridized carbons (Fsp3) is 0.933. The molecule has 2 bridgehead atoms. The van der Waals surface area contributed by atoms with E-state index >= 15 is 0 Å². The van der Waals surface area contributed by atoms with E-state index < -0.39 is 27.3 Å². The lowest BCUT2D eigenvalue weighted by molar-refractivity contribution is -0.153. The summed E-state index contributed by atoms with van der Waals surface area (Å²) in [7, 11) is -2.34. The highest BCUT2D eigenvalue weighted by Crippen LogP contribution is 2.70. The Balaban J connectivity index is 2.18. The molecular weight excluding hydrogens is 292 g/mol. The Kier molecular flexibility index (Phi) is 3.23. The van der Waals surface area contributed by atoms with E-state index in [4.69, 9.17) is 8.92 Å². The summed E-state index contributed by atoms with van der Waals surface area (Å²) in [5.74, 6) is -0.506. The maximum absolute atomic E-state index is 12.4. The summed E-state index contributed by atoms with van der Waals surface area (Å²) >= 11 is 0. The molecule has 21 heavy (non-hydrogen) atoms. The minimum absolute atomic E-state index is 0.0298. The van der Waals surface area contributed by atoms with E-state index in [1.165, 1.54) is 7.11 Å². The summed E-state index contributed by atoms with van der Waals surface area (Å²) in [4.78, 5) is 12.3. The molecule has 5 unspecified atom stereocenters. The molecule has 0 spiro atoms. The first kappa shape index (κ1) is 15.3. The van der Waals surface area contributed by atoms with Gasteiger partial charge in [0.15, 0.2) is 0 Å². The Bertz CT molecular complexity index is 557. The molecule has 0 radical (unpaired) electrons. The molecule has 0 aromatic heterocycles. The standard InChI is InChI=1S/C15H24O5S/c1-7(2)15(8(3)4)10-6-9-12(11(10)14(16)19-5)21(17,18)20-13(9)15/h7-13H,6H2,1-5H3. The van der Waals surface area contributed by atoms with Gasteiger partial charge < -0.3 is 4.74 Å². The van der Waals surface area contributed by atoms with Crippen molar-refractivity contribution in [1.29, 1.82) is 0 Å². The number of hydrogen-bond acceptors (Lipinski definition) is 5. The van der Waals surface area contributed by atoms with E-state index in [1.54, 1.807) is 0 Å². The number of methoxy groups -OCH3 is 1. The molecule has 5 atom stereocenters. The normalized spacial score (nSPS) is 42.0. The molecule has 1 heterocycles. The smallest absolute Gasteiger partial charge is 0.310 e. The average Bonchev–Trinajstić information content (AvgIpc) is 2.95. The van der Waals surface area contributed by atoms with Gasteiger partial charge in [-0.05, 0) is 24.2 Å². The highest BCUT2D eigenvalue weighted by Gasteiger charge is 2.76. The van der Waals surface area contributed by atoms with Crippen LogP contribution in [0, 0.1) is 35.0 Å². The van der Waals surface area contributed by atoms with E-state index in [2.05, 4.69) is 27.7 Å². The van der Waals surface area contributed by atoms with Crippen LogP contribution in [0.4, 0.5) is 0 Å². The number of esters is 1. The van der Waals surface area contributed by atoms with Crippen LogP contribution in [0.2, 0.25) is 0 Å². The van der Waals surface area contributed by atoms with Crippen LogP contribution in [0.5, 0.6) is 0 Å². The third-order valence-electron chi connectivity index (χ3n) is 6.30. The van der Waals surface area contributed by atoms with E-state index in [9.17, 15) is 13.2 Å². The topological polar surface area (TPSA) is 69.7 Å². The van der Waals surface area contributed by atoms with Gasteiger partial charge in [0.1, 0.15) is 5.25 Å². The van der Waals surface area contributed by atoms with Gasteiger partial charge in [-0.2, -0.15) is 8.42 Å². The van der Waals surface area contributed by atoms with Gasteiger partial charge in [-0.3, -0.25) is 8.98 Å². The van der Waals surface area contributed by atoms with Crippen LogP contribution in [-0.2, 0) is 23.8 Å². The molecule has 0 N–H and O–H groups in total. The molecule has 3 fully saturated rings. The molecule has 0 aromatic carbocycles. The molecule has 2 saturated carbocycles. The van der Waals surface area contributed by atoms with Gasteiger partial charge in [0.05, 0.1) is 19.1 Å². The zero-order valence-electron chi connectivity index (χ0n) is 13.2. The second-order valence-electron chi connectivity index (χ2n) is 7.34. The van der Waals surface area contributed by atoms with Crippen LogP contribution >= 0.6 is 0 Å². The van der Waals surface area contributed by atoms with Crippen LogP contribution in [-0.4, -0.2) is 32.9 Å². The average molecular weight is 316 g/mol. The van der Waals surface area contributed by atoms with E-state index in [-0.39, 0.29) is 35.2 Å². The maximum atomic E-state index is 12.4. The lowest BCUT2D eigenvalue weighted by Gasteiger charge is -2.49. The molecule has 0 amide bonds. The van der Waals surface area contributed by atoms with Gasteiger partial charge in [0.25, 0.3) is 10.1 Å². The highest BCUT2D eigenvalue weighted by atomic mass is 32.2. The maximum Gasteiger partial charge on any atom is 0.310 e. The van der Waals surface area contributed by atoms with Gasteiger partial charge in [0, 0.05) is 11.3 Å². The molecule has 2 aliphatic carbocycles. The summed E-state index contributed by atoms with van der Waals surface area (Å²) in [6, 6.07) is 0. The number of hydrogen-bond donors (Lipinski definition) is 0. The fourth-order valence-corrected chi connectivity index (χ4v) is 7.90. The lowest BCUT2D eigenvalue weighted by Crippen LogP contribution is -2.53. The van der Waals surface area contributed by atoms with Crippen LogP contribution in [0.1, 0.15) is 34.1 Å². The summed E-state index contributed by atoms with van der Waals surface area (Å²) in [6.07, 6.45) is 0.475. The molecule has 3 rings (SSSR count). The van der Waals surface area contributed by atoms with E-state index in [1.807, 2.05) is 0 Å². The first-order chi connectivity index (χ1) is 9.69. The van der Waals surface area contributed by atoms with Crippen molar-refractivity contribution in [3.63, 3.8) is 0 Å². The van der Waals surface area contributed by atoms with Gasteiger partial charge in [-0.25, -0.2) is 0 Å². The van der Waals surface area contributed by atoms with E-state index in [0.717, 1.165) is 6.42 Å². The lowest BCUT2D eigenvalue weighted by atomic mass is 9.56. The van der Waals surface area contributed by atoms with Crippen molar-refractivity contribution in [2.45, 2.75) is 45.5 Å². The molecule has 3 aliphatic rings. The third-order valence-corrected chi connectivity index (χ3v) is 8.09. The highest BCUT2D eigenvalue weighted by molar-refractivity contribution is 7.87. The monoisotopic (exact) mass is 316 g/mol. The zero-order valence-corrected chi connectivity index (χ0v) is 14.0. The minimum atomic E-state index is -3.67. The number of ether oxygens (including phenoxy) is 1. The Hall–Kier alpha value is -0.620. The molecular formula is C15H24O5S. The predicted octanol–water partition coefficient (Wildman–Crippen LogP) is 1.82. The number of carbonyl (C=O) groups is 1. The summed E-state index contributed by atoms with van der Waals surface area (Å²) in [6.45, 7) is 8.44. The zero-order chi connectivity index (χ0) is 15.7. The van der Waals surface area contributed by atoms with Gasteiger partial charge >= 0.3 is 5.97 Å². The van der Waals surface area contributed by atoms with Gasteiger partial charge in [0.2, 0.25) is 0 Å². The Morgan fingerprint density at radius 3 is 2.29 bits per heavy atom. The second kappa shape index (κ2) is 4.44. The van der Waals surface area contributed by atoms with Crippen LogP contribution in [0.3, 0.4) is 0 Å². The summed E-state index contributed by atoms with van der Waals surface area (Å²) < 4.78 is 35.3. The van der Waals surface area contributed by atoms with Crippen LogP contribution < -0.4 is 0 Å². The number of carbonyl (C=O) groups excluding carboxylic acids is 1. The molecule has 0 aromatic rings. The predicted molar refractivity (Wildman–Crippen MR) is 76.8 cm³/mol. The molecule has 120 valence electrons. The van der Waals surface area contributed by atoms with Crippen LogP contribution in [0.25, 0.3) is 0 Å². The Labute approximate surface area is 126 Å². The van der Waals surface area contributed by atoms with Crippen molar-refractivity contribution >= 4 is 16.1 Å². The third kappa shape index (κ3) is 1.61. The van der Waals surface area contributed by atoms with Gasteiger partial charge in [-0.1, -0.05) is 27.7 Å².